The molecule has 2 heterocycles. The molecule has 1 aromatic rings. The molecule has 6 nitrogen and oxygen atoms in total. The molecule has 0 saturated carbocycles. The lowest BCUT2D eigenvalue weighted by Crippen LogP contribution is -2.27. The van der Waals surface area contributed by atoms with Gasteiger partial charge in [-0.2, -0.15) is 5.10 Å². The summed E-state index contributed by atoms with van der Waals surface area (Å²) in [6.45, 7) is 1.01. The number of aromatic nitrogens is 2. The molecule has 0 spiro atoms. The predicted molar refractivity (Wildman–Crippen MR) is 64.0 cm³/mol. The average molecular weight is 238 g/mol. The summed E-state index contributed by atoms with van der Waals surface area (Å²) in [7, 11) is 3.35. The van der Waals surface area contributed by atoms with Crippen LogP contribution in [0.2, 0.25) is 0 Å². The maximum Gasteiger partial charge on any atom is 0.227 e. The molecule has 0 aromatic carbocycles. The van der Waals surface area contributed by atoms with E-state index in [9.17, 15) is 4.79 Å². The fraction of sp³-hybridized carbons (Fsp3) is 0.636. The van der Waals surface area contributed by atoms with E-state index in [0.717, 1.165) is 19.4 Å². The Labute approximate surface area is 100 Å². The molecule has 0 aliphatic carbocycles. The van der Waals surface area contributed by atoms with Crippen LogP contribution in [0.25, 0.3) is 0 Å². The number of hydrogen-bond acceptors (Lipinski definition) is 4. The summed E-state index contributed by atoms with van der Waals surface area (Å²) in [4.78, 5) is 11.7. The minimum atomic E-state index is -0.00912. The zero-order chi connectivity index (χ0) is 12.3. The van der Waals surface area contributed by atoms with Crippen molar-refractivity contribution in [3.63, 3.8) is 0 Å². The number of carbonyl (C=O) groups is 1. The number of nitrogens with one attached hydrogen (secondary N) is 2. The molecular weight excluding hydrogens is 220 g/mol. The summed E-state index contributed by atoms with van der Waals surface area (Å²) >= 11 is 0. The lowest BCUT2D eigenvalue weighted by atomic mass is 10.1. The minimum absolute atomic E-state index is 0.00912. The largest absolute Gasteiger partial charge is 0.481 e. The number of nitrogens with zero attached hydrogens (tertiary/aromatic N) is 2. The Morgan fingerprint density at radius 3 is 3.18 bits per heavy atom. The van der Waals surface area contributed by atoms with E-state index in [1.807, 2.05) is 0 Å². The Bertz CT molecular complexity index is 396. The lowest BCUT2D eigenvalue weighted by Gasteiger charge is -2.08. The highest BCUT2D eigenvalue weighted by atomic mass is 16.5. The normalized spacial score (nSPS) is 19.3. The third-order valence-electron chi connectivity index (χ3n) is 2.91. The topological polar surface area (TPSA) is 68.2 Å². The minimum Gasteiger partial charge on any atom is -0.481 e. The van der Waals surface area contributed by atoms with Crippen LogP contribution in [0.5, 0.6) is 5.88 Å². The second kappa shape index (κ2) is 5.18. The van der Waals surface area contributed by atoms with Crippen molar-refractivity contribution in [3.8, 4) is 5.88 Å². The van der Waals surface area contributed by atoms with Crippen molar-refractivity contribution in [2.24, 2.45) is 7.05 Å². The van der Waals surface area contributed by atoms with Crippen LogP contribution in [0.4, 0.5) is 5.82 Å². The van der Waals surface area contributed by atoms with E-state index in [1.54, 1.807) is 24.9 Å². The highest BCUT2D eigenvalue weighted by molar-refractivity contribution is 5.90. The summed E-state index contributed by atoms with van der Waals surface area (Å²) in [5.74, 6) is 1.15. The van der Waals surface area contributed by atoms with E-state index in [-0.39, 0.29) is 5.91 Å². The van der Waals surface area contributed by atoms with Crippen molar-refractivity contribution in [2.75, 3.05) is 19.0 Å². The molecule has 2 rings (SSSR count). The Hall–Kier alpha value is -1.56. The molecule has 0 bridgehead atoms. The van der Waals surface area contributed by atoms with Crippen LogP contribution in [-0.4, -0.2) is 35.4 Å². The summed E-state index contributed by atoms with van der Waals surface area (Å²) in [5, 5.41) is 10.2. The van der Waals surface area contributed by atoms with E-state index in [2.05, 4.69) is 15.7 Å². The monoisotopic (exact) mass is 238 g/mol. The molecule has 1 fully saturated rings. The van der Waals surface area contributed by atoms with Gasteiger partial charge in [-0.25, -0.2) is 4.68 Å². The van der Waals surface area contributed by atoms with Crippen LogP contribution in [-0.2, 0) is 11.8 Å². The molecule has 1 saturated heterocycles. The van der Waals surface area contributed by atoms with Gasteiger partial charge in [-0.1, -0.05) is 0 Å². The number of ether oxygens (including phenoxy) is 1. The lowest BCUT2D eigenvalue weighted by molar-refractivity contribution is -0.116. The van der Waals surface area contributed by atoms with E-state index in [0.29, 0.717) is 24.2 Å². The van der Waals surface area contributed by atoms with Crippen molar-refractivity contribution in [3.05, 3.63) is 6.07 Å². The summed E-state index contributed by atoms with van der Waals surface area (Å²) in [6, 6.07) is 2.01. The molecule has 0 radical (unpaired) electrons. The first-order valence-electron chi connectivity index (χ1n) is 5.80. The molecule has 1 amide bonds. The molecule has 94 valence electrons. The molecule has 1 aliphatic rings. The Balaban J connectivity index is 1.88. The van der Waals surface area contributed by atoms with E-state index < -0.39 is 0 Å². The highest BCUT2D eigenvalue weighted by Gasteiger charge is 2.18. The van der Waals surface area contributed by atoms with Crippen LogP contribution in [0.3, 0.4) is 0 Å². The first-order chi connectivity index (χ1) is 8.19. The second-order valence-corrected chi connectivity index (χ2v) is 4.24. The van der Waals surface area contributed by atoms with Crippen LogP contribution in [0.1, 0.15) is 19.3 Å². The molecule has 1 atom stereocenters. The summed E-state index contributed by atoms with van der Waals surface area (Å²) in [5.41, 5.74) is 0. The third-order valence-corrected chi connectivity index (χ3v) is 2.91. The number of anilines is 1. The van der Waals surface area contributed by atoms with Crippen LogP contribution in [0, 0.1) is 0 Å². The summed E-state index contributed by atoms with van der Waals surface area (Å²) < 4.78 is 6.66. The van der Waals surface area contributed by atoms with Gasteiger partial charge in [0.2, 0.25) is 11.8 Å². The zero-order valence-electron chi connectivity index (χ0n) is 10.2. The smallest absolute Gasteiger partial charge is 0.227 e. The second-order valence-electron chi connectivity index (χ2n) is 4.24. The number of hydrogen-bond donors (Lipinski definition) is 2. The van der Waals surface area contributed by atoms with Gasteiger partial charge in [-0.05, 0) is 19.4 Å². The van der Waals surface area contributed by atoms with Gasteiger partial charge >= 0.3 is 0 Å². The van der Waals surface area contributed by atoms with Crippen molar-refractivity contribution < 1.29 is 9.53 Å². The van der Waals surface area contributed by atoms with E-state index in [4.69, 9.17) is 4.74 Å². The number of carbonyl (C=O) groups excluding carboxylic acids is 1. The Morgan fingerprint density at radius 1 is 1.76 bits per heavy atom. The van der Waals surface area contributed by atoms with Crippen molar-refractivity contribution in [1.29, 1.82) is 0 Å². The molecular formula is C11H18N4O2. The van der Waals surface area contributed by atoms with Crippen LogP contribution in [0.15, 0.2) is 6.07 Å². The number of amides is 1. The molecule has 1 unspecified atom stereocenters. The predicted octanol–water partition coefficient (Wildman–Crippen LogP) is 0.509. The van der Waals surface area contributed by atoms with Gasteiger partial charge in [0.1, 0.15) is 0 Å². The van der Waals surface area contributed by atoms with Gasteiger partial charge in [0.25, 0.3) is 0 Å². The standard InChI is InChI=1S/C11H18N4O2/c1-15-11(17-2)7-9(14-15)13-10(16)6-8-4-3-5-12-8/h7-8,12H,3-6H2,1-2H3,(H,13,14,16). The van der Waals surface area contributed by atoms with Gasteiger partial charge in [0.15, 0.2) is 5.82 Å². The van der Waals surface area contributed by atoms with Gasteiger partial charge in [0.05, 0.1) is 7.11 Å². The first kappa shape index (κ1) is 11.9. The van der Waals surface area contributed by atoms with Gasteiger partial charge < -0.3 is 15.4 Å². The van der Waals surface area contributed by atoms with Crippen LogP contribution < -0.4 is 15.4 Å². The van der Waals surface area contributed by atoms with Crippen molar-refractivity contribution in [2.45, 2.75) is 25.3 Å². The number of aryl methyl sites for hydroxylation is 1. The van der Waals surface area contributed by atoms with Gasteiger partial charge in [0, 0.05) is 25.6 Å². The van der Waals surface area contributed by atoms with E-state index in [1.165, 1.54) is 0 Å². The summed E-state index contributed by atoms with van der Waals surface area (Å²) in [6.07, 6.45) is 2.72. The molecule has 6 heteroatoms. The highest BCUT2D eigenvalue weighted by Crippen LogP contribution is 2.16. The Kier molecular flexibility index (Phi) is 3.63. The SMILES string of the molecule is COc1cc(NC(=O)CC2CCCN2)nn1C. The first-order valence-corrected chi connectivity index (χ1v) is 5.80. The third kappa shape index (κ3) is 2.97. The average Bonchev–Trinajstić information content (AvgIpc) is 2.88. The van der Waals surface area contributed by atoms with E-state index >= 15 is 0 Å². The maximum absolute atomic E-state index is 11.7. The van der Waals surface area contributed by atoms with Crippen molar-refractivity contribution in [1.82, 2.24) is 15.1 Å². The van der Waals surface area contributed by atoms with Crippen LogP contribution >= 0.6 is 0 Å². The quantitative estimate of drug-likeness (QED) is 0.802. The fourth-order valence-corrected chi connectivity index (χ4v) is 2.05. The number of methoxy groups -OCH3 is 1. The van der Waals surface area contributed by atoms with Gasteiger partial charge in [-0.3, -0.25) is 4.79 Å². The van der Waals surface area contributed by atoms with Gasteiger partial charge in [-0.15, -0.1) is 0 Å². The molecule has 1 aliphatic heterocycles. The zero-order valence-corrected chi connectivity index (χ0v) is 10.2. The maximum atomic E-state index is 11.7. The number of rotatable bonds is 4. The fourth-order valence-electron chi connectivity index (χ4n) is 2.05. The molecule has 17 heavy (non-hydrogen) atoms. The Morgan fingerprint density at radius 2 is 2.59 bits per heavy atom. The molecule has 2 N–H and O–H groups in total. The molecule has 1 aromatic heterocycles. The van der Waals surface area contributed by atoms with Crippen molar-refractivity contribution >= 4 is 11.7 Å².